The van der Waals surface area contributed by atoms with Crippen LogP contribution in [0.25, 0.3) is 0 Å². The Balaban J connectivity index is 2.56. The summed E-state index contributed by atoms with van der Waals surface area (Å²) in [5, 5.41) is 0. The van der Waals surface area contributed by atoms with Gasteiger partial charge in [-0.25, -0.2) is 8.42 Å². The molecule has 1 heterocycles. The average molecular weight is 182 g/mol. The van der Waals surface area contributed by atoms with Crippen LogP contribution in [-0.4, -0.2) is 31.8 Å². The van der Waals surface area contributed by atoms with Gasteiger partial charge in [-0.3, -0.25) is 0 Å². The molecule has 0 aliphatic carbocycles. The van der Waals surface area contributed by atoms with Crippen LogP contribution in [0.4, 0.5) is 0 Å². The maximum absolute atomic E-state index is 10.8. The van der Waals surface area contributed by atoms with Crippen LogP contribution in [0, 0.1) is 0 Å². The fraction of sp³-hybridized carbons (Fsp3) is 1.00. The average Bonchev–Trinajstić information content (AvgIpc) is 1.88. The van der Waals surface area contributed by atoms with E-state index < -0.39 is 14.6 Å². The first kappa shape index (κ1) is 8.36. The van der Waals surface area contributed by atoms with Crippen molar-refractivity contribution in [2.24, 2.45) is 0 Å². The van der Waals surface area contributed by atoms with Gasteiger partial charge in [-0.2, -0.15) is 0 Å². The van der Waals surface area contributed by atoms with Crippen molar-refractivity contribution in [1.82, 2.24) is 0 Å². The Morgan fingerprint density at radius 3 is 2.60 bits per heavy atom. The molecule has 60 valence electrons. The maximum atomic E-state index is 10.8. The van der Waals surface area contributed by atoms with Gasteiger partial charge in [-0.1, -0.05) is 0 Å². The summed E-state index contributed by atoms with van der Waals surface area (Å²) in [5.74, 6) is 0.887. The van der Waals surface area contributed by atoms with Crippen LogP contribution in [0.3, 0.4) is 0 Å². The predicted octanol–water partition coefficient (Wildman–Crippen LogP) is 0.468. The molecule has 1 fully saturated rings. The van der Waals surface area contributed by atoms with Gasteiger partial charge in [-0.15, -0.1) is 11.8 Å². The number of hydrogen-bond acceptors (Lipinski definition) is 4. The van der Waals surface area contributed by atoms with Crippen LogP contribution in [-0.2, 0) is 14.6 Å². The Morgan fingerprint density at radius 1 is 1.60 bits per heavy atom. The van der Waals surface area contributed by atoms with Gasteiger partial charge in [0.25, 0.3) is 0 Å². The number of sulfone groups is 1. The molecular weight excluding hydrogens is 172 g/mol. The zero-order valence-corrected chi connectivity index (χ0v) is 7.37. The van der Waals surface area contributed by atoms with Gasteiger partial charge >= 0.3 is 0 Å². The molecule has 0 radical (unpaired) electrons. The van der Waals surface area contributed by atoms with Gasteiger partial charge in [0, 0.05) is 6.26 Å². The summed E-state index contributed by atoms with van der Waals surface area (Å²) in [6.07, 6.45) is 2.16. The molecule has 3 nitrogen and oxygen atoms in total. The zero-order valence-electron chi connectivity index (χ0n) is 5.74. The molecule has 1 saturated heterocycles. The first-order valence-corrected chi connectivity index (χ1v) is 6.03. The Hall–Kier alpha value is 0.260. The molecule has 1 unspecified atom stereocenters. The molecule has 1 atom stereocenters. The third kappa shape index (κ3) is 2.14. The monoisotopic (exact) mass is 182 g/mol. The van der Waals surface area contributed by atoms with Gasteiger partial charge < -0.3 is 4.74 Å². The Kier molecular flexibility index (Phi) is 2.60. The summed E-state index contributed by atoms with van der Waals surface area (Å²) in [4.78, 5) is 0. The van der Waals surface area contributed by atoms with Crippen molar-refractivity contribution in [1.29, 1.82) is 0 Å². The van der Waals surface area contributed by atoms with Crippen LogP contribution >= 0.6 is 11.8 Å². The second-order valence-electron chi connectivity index (χ2n) is 2.21. The van der Waals surface area contributed by atoms with Crippen LogP contribution < -0.4 is 0 Å². The molecule has 1 aliphatic rings. The van der Waals surface area contributed by atoms with Crippen molar-refractivity contribution in [2.75, 3.05) is 18.6 Å². The first-order valence-electron chi connectivity index (χ1n) is 3.03. The van der Waals surface area contributed by atoms with Crippen molar-refractivity contribution in [3.63, 3.8) is 0 Å². The Morgan fingerprint density at radius 2 is 2.30 bits per heavy atom. The second kappa shape index (κ2) is 3.11. The standard InChI is InChI=1S/C5H10O3S2/c1-10(6,7)5-8-3-2-4-9-5/h5H,2-4H2,1H3. The van der Waals surface area contributed by atoms with Crippen LogP contribution in [0.15, 0.2) is 0 Å². The normalized spacial score (nSPS) is 28.3. The molecule has 5 heteroatoms. The van der Waals surface area contributed by atoms with Gasteiger partial charge in [0.05, 0.1) is 6.61 Å². The Labute approximate surface area is 65.1 Å². The van der Waals surface area contributed by atoms with Gasteiger partial charge in [0.15, 0.2) is 9.84 Å². The molecule has 0 saturated carbocycles. The molecule has 0 amide bonds. The number of thioether (sulfide) groups is 1. The molecule has 10 heavy (non-hydrogen) atoms. The quantitative estimate of drug-likeness (QED) is 0.591. The van der Waals surface area contributed by atoms with Crippen molar-refractivity contribution < 1.29 is 13.2 Å². The molecule has 0 spiro atoms. The predicted molar refractivity (Wildman–Crippen MR) is 41.7 cm³/mol. The number of hydrogen-bond donors (Lipinski definition) is 0. The van der Waals surface area contributed by atoms with Crippen molar-refractivity contribution in [2.45, 2.75) is 11.2 Å². The van der Waals surface area contributed by atoms with Crippen LogP contribution in [0.2, 0.25) is 0 Å². The smallest absolute Gasteiger partial charge is 0.204 e. The SMILES string of the molecule is CS(=O)(=O)C1OCCCS1. The van der Waals surface area contributed by atoms with Gasteiger partial charge in [0.2, 0.25) is 4.77 Å². The van der Waals surface area contributed by atoms with E-state index in [2.05, 4.69) is 0 Å². The fourth-order valence-electron chi connectivity index (χ4n) is 0.713. The lowest BCUT2D eigenvalue weighted by molar-refractivity contribution is 0.150. The summed E-state index contributed by atoms with van der Waals surface area (Å²) in [7, 11) is -2.99. The second-order valence-corrected chi connectivity index (χ2v) is 5.77. The molecule has 0 aromatic carbocycles. The molecule has 0 aromatic rings. The van der Waals surface area contributed by atoms with Gasteiger partial charge in [-0.05, 0) is 12.2 Å². The molecule has 0 N–H and O–H groups in total. The summed E-state index contributed by atoms with van der Waals surface area (Å²) in [6.45, 7) is 0.574. The lowest BCUT2D eigenvalue weighted by Gasteiger charge is -2.19. The third-order valence-corrected chi connectivity index (χ3v) is 4.37. The molecule has 1 aliphatic heterocycles. The maximum Gasteiger partial charge on any atom is 0.204 e. The zero-order chi connectivity index (χ0) is 7.61. The molecule has 0 aromatic heterocycles. The summed E-state index contributed by atoms with van der Waals surface area (Å²) >= 11 is 1.36. The first-order chi connectivity index (χ1) is 4.61. The minimum absolute atomic E-state index is 0.574. The van der Waals surface area contributed by atoms with E-state index in [1.54, 1.807) is 0 Å². The van der Waals surface area contributed by atoms with E-state index in [0.29, 0.717) is 6.61 Å². The van der Waals surface area contributed by atoms with E-state index in [9.17, 15) is 8.42 Å². The summed E-state index contributed by atoms with van der Waals surface area (Å²) < 4.78 is 26.1. The van der Waals surface area contributed by atoms with E-state index in [4.69, 9.17) is 4.74 Å². The van der Waals surface area contributed by atoms with Crippen LogP contribution in [0.1, 0.15) is 6.42 Å². The molecule has 1 rings (SSSR count). The van der Waals surface area contributed by atoms with Crippen LogP contribution in [0.5, 0.6) is 0 Å². The highest BCUT2D eigenvalue weighted by atomic mass is 32.3. The lowest BCUT2D eigenvalue weighted by Crippen LogP contribution is -2.24. The number of rotatable bonds is 1. The lowest BCUT2D eigenvalue weighted by atomic mass is 10.5. The Bertz CT molecular complexity index is 191. The van der Waals surface area contributed by atoms with E-state index in [1.165, 1.54) is 18.0 Å². The third-order valence-electron chi connectivity index (χ3n) is 1.15. The summed E-state index contributed by atoms with van der Waals surface area (Å²) in [5.41, 5.74) is 0. The minimum atomic E-state index is -2.99. The van der Waals surface area contributed by atoms with Crippen molar-refractivity contribution in [3.8, 4) is 0 Å². The largest absolute Gasteiger partial charge is 0.353 e. The van der Waals surface area contributed by atoms with E-state index >= 15 is 0 Å². The number of ether oxygens (including phenoxy) is 1. The van der Waals surface area contributed by atoms with Crippen molar-refractivity contribution in [3.05, 3.63) is 0 Å². The fourth-order valence-corrected chi connectivity index (χ4v) is 3.00. The minimum Gasteiger partial charge on any atom is -0.353 e. The van der Waals surface area contributed by atoms with Crippen molar-refractivity contribution >= 4 is 21.6 Å². The van der Waals surface area contributed by atoms with Gasteiger partial charge in [0.1, 0.15) is 0 Å². The topological polar surface area (TPSA) is 43.4 Å². The van der Waals surface area contributed by atoms with E-state index in [0.717, 1.165) is 12.2 Å². The molecule has 0 bridgehead atoms. The highest BCUT2D eigenvalue weighted by Gasteiger charge is 2.23. The van der Waals surface area contributed by atoms with E-state index in [1.807, 2.05) is 0 Å². The molecular formula is C5H10O3S2. The highest BCUT2D eigenvalue weighted by molar-refractivity contribution is 8.13. The summed E-state index contributed by atoms with van der Waals surface area (Å²) in [6, 6.07) is 0. The highest BCUT2D eigenvalue weighted by Crippen LogP contribution is 2.23. The van der Waals surface area contributed by atoms with E-state index in [-0.39, 0.29) is 0 Å².